The van der Waals surface area contributed by atoms with Crippen LogP contribution in [0.4, 0.5) is 8.78 Å². The van der Waals surface area contributed by atoms with E-state index < -0.39 is 17.5 Å². The van der Waals surface area contributed by atoms with E-state index in [0.29, 0.717) is 6.07 Å². The second-order valence-corrected chi connectivity index (χ2v) is 5.85. The Balaban J connectivity index is 1.87. The molecule has 7 heteroatoms. The quantitative estimate of drug-likeness (QED) is 0.906. The second kappa shape index (κ2) is 7.50. The number of nitrogens with one attached hydrogen (secondary N) is 1. The first-order chi connectivity index (χ1) is 10.9. The largest absolute Gasteiger partial charge is 0.343 e. The zero-order valence-electron chi connectivity index (χ0n) is 13.3. The second-order valence-electron chi connectivity index (χ2n) is 5.85. The molecular formula is C16H21F2N3O2. The van der Waals surface area contributed by atoms with Crippen molar-refractivity contribution in [3.05, 3.63) is 35.4 Å². The van der Waals surface area contributed by atoms with E-state index in [2.05, 4.69) is 10.2 Å². The van der Waals surface area contributed by atoms with E-state index in [1.165, 1.54) is 0 Å². The third kappa shape index (κ3) is 4.48. The summed E-state index contributed by atoms with van der Waals surface area (Å²) in [6.45, 7) is 1.64. The number of rotatable bonds is 4. The van der Waals surface area contributed by atoms with Gasteiger partial charge in [-0.3, -0.25) is 9.59 Å². The molecule has 0 saturated carbocycles. The molecule has 126 valence electrons. The summed E-state index contributed by atoms with van der Waals surface area (Å²) in [5.74, 6) is -2.65. The zero-order valence-corrected chi connectivity index (χ0v) is 13.3. The lowest BCUT2D eigenvalue weighted by Gasteiger charge is -2.35. The SMILES string of the molecule is CN1CCC(N(C)C(=O)CNC(=O)c2ccc(F)cc2F)CC1. The van der Waals surface area contributed by atoms with Crippen LogP contribution in [0.3, 0.4) is 0 Å². The number of hydrogen-bond donors (Lipinski definition) is 1. The van der Waals surface area contributed by atoms with Crippen molar-refractivity contribution in [2.24, 2.45) is 0 Å². The zero-order chi connectivity index (χ0) is 17.0. The Morgan fingerprint density at radius 2 is 1.96 bits per heavy atom. The maximum absolute atomic E-state index is 13.5. The van der Waals surface area contributed by atoms with Crippen LogP contribution in [0.15, 0.2) is 18.2 Å². The first-order valence-electron chi connectivity index (χ1n) is 7.56. The molecule has 0 radical (unpaired) electrons. The number of piperidine rings is 1. The molecule has 23 heavy (non-hydrogen) atoms. The van der Waals surface area contributed by atoms with Crippen LogP contribution < -0.4 is 5.32 Å². The smallest absolute Gasteiger partial charge is 0.254 e. The molecule has 1 saturated heterocycles. The molecule has 1 aliphatic heterocycles. The third-order valence-corrected chi connectivity index (χ3v) is 4.21. The number of amides is 2. The summed E-state index contributed by atoms with van der Waals surface area (Å²) < 4.78 is 26.3. The number of likely N-dealkylation sites (tertiary alicyclic amines) is 1. The fourth-order valence-electron chi connectivity index (χ4n) is 2.64. The molecule has 0 atom stereocenters. The lowest BCUT2D eigenvalue weighted by atomic mass is 10.0. The maximum Gasteiger partial charge on any atom is 0.254 e. The van der Waals surface area contributed by atoms with E-state index in [1.807, 2.05) is 7.05 Å². The Bertz CT molecular complexity index is 587. The van der Waals surface area contributed by atoms with Crippen molar-refractivity contribution >= 4 is 11.8 Å². The van der Waals surface area contributed by atoms with E-state index in [9.17, 15) is 18.4 Å². The van der Waals surface area contributed by atoms with Crippen LogP contribution in [0.25, 0.3) is 0 Å². The first kappa shape index (κ1) is 17.3. The van der Waals surface area contributed by atoms with Gasteiger partial charge in [0.1, 0.15) is 11.6 Å². The van der Waals surface area contributed by atoms with Crippen molar-refractivity contribution in [3.63, 3.8) is 0 Å². The minimum absolute atomic E-state index is 0.151. The maximum atomic E-state index is 13.5. The van der Waals surface area contributed by atoms with Crippen LogP contribution >= 0.6 is 0 Å². The van der Waals surface area contributed by atoms with Gasteiger partial charge in [0, 0.05) is 19.2 Å². The molecule has 2 amide bonds. The molecule has 1 aliphatic rings. The number of halogens is 2. The van der Waals surface area contributed by atoms with Crippen LogP contribution in [-0.2, 0) is 4.79 Å². The van der Waals surface area contributed by atoms with Crippen molar-refractivity contribution in [1.82, 2.24) is 15.1 Å². The molecule has 0 aliphatic carbocycles. The minimum Gasteiger partial charge on any atom is -0.343 e. The topological polar surface area (TPSA) is 52.6 Å². The molecule has 0 aromatic heterocycles. The monoisotopic (exact) mass is 325 g/mol. The third-order valence-electron chi connectivity index (χ3n) is 4.21. The molecular weight excluding hydrogens is 304 g/mol. The first-order valence-corrected chi connectivity index (χ1v) is 7.56. The Labute approximate surface area is 134 Å². The van der Waals surface area contributed by atoms with Crippen LogP contribution in [-0.4, -0.2) is 61.4 Å². The van der Waals surface area contributed by atoms with E-state index in [0.717, 1.165) is 38.1 Å². The van der Waals surface area contributed by atoms with Crippen molar-refractivity contribution in [2.75, 3.05) is 33.7 Å². The summed E-state index contributed by atoms with van der Waals surface area (Å²) in [4.78, 5) is 27.9. The Hall–Kier alpha value is -2.02. The highest BCUT2D eigenvalue weighted by atomic mass is 19.1. The standard InChI is InChI=1S/C16H21F2N3O2/c1-20-7-5-12(6-8-20)21(2)15(22)10-19-16(23)13-4-3-11(17)9-14(13)18/h3-4,9,12H,5-8,10H2,1-2H3,(H,19,23). The summed E-state index contributed by atoms with van der Waals surface area (Å²) >= 11 is 0. The Kier molecular flexibility index (Phi) is 5.65. The van der Waals surface area contributed by atoms with Crippen LogP contribution in [0.1, 0.15) is 23.2 Å². The van der Waals surface area contributed by atoms with Crippen molar-refractivity contribution in [1.29, 1.82) is 0 Å². The van der Waals surface area contributed by atoms with Crippen molar-refractivity contribution in [2.45, 2.75) is 18.9 Å². The number of likely N-dealkylation sites (N-methyl/N-ethyl adjacent to an activating group) is 1. The van der Waals surface area contributed by atoms with Gasteiger partial charge in [0.2, 0.25) is 5.91 Å². The normalized spacial score (nSPS) is 16.2. The van der Waals surface area contributed by atoms with E-state index in [1.54, 1.807) is 11.9 Å². The van der Waals surface area contributed by atoms with Gasteiger partial charge in [0.25, 0.3) is 5.91 Å². The minimum atomic E-state index is -0.946. The molecule has 1 aromatic rings. The molecule has 1 heterocycles. The van der Waals surface area contributed by atoms with Crippen molar-refractivity contribution < 1.29 is 18.4 Å². The van der Waals surface area contributed by atoms with E-state index in [-0.39, 0.29) is 24.1 Å². The van der Waals surface area contributed by atoms with Crippen molar-refractivity contribution in [3.8, 4) is 0 Å². The van der Waals surface area contributed by atoms with E-state index in [4.69, 9.17) is 0 Å². The number of carbonyl (C=O) groups excluding carboxylic acids is 2. The van der Waals surface area contributed by atoms with Crippen LogP contribution in [0, 0.1) is 11.6 Å². The van der Waals surface area contributed by atoms with Gasteiger partial charge in [-0.25, -0.2) is 8.78 Å². The highest BCUT2D eigenvalue weighted by Gasteiger charge is 2.24. The lowest BCUT2D eigenvalue weighted by Crippen LogP contribution is -2.47. The summed E-state index contributed by atoms with van der Waals surface area (Å²) in [7, 11) is 3.75. The van der Waals surface area contributed by atoms with Gasteiger partial charge in [-0.1, -0.05) is 0 Å². The summed E-state index contributed by atoms with van der Waals surface area (Å²) in [6, 6.07) is 2.86. The molecule has 5 nitrogen and oxygen atoms in total. The van der Waals surface area contributed by atoms with Gasteiger partial charge >= 0.3 is 0 Å². The predicted molar refractivity (Wildman–Crippen MR) is 82.0 cm³/mol. The highest BCUT2D eigenvalue weighted by molar-refractivity contribution is 5.96. The predicted octanol–water partition coefficient (Wildman–Crippen LogP) is 1.25. The molecule has 1 N–H and O–H groups in total. The number of hydrogen-bond acceptors (Lipinski definition) is 3. The van der Waals surface area contributed by atoms with Gasteiger partial charge in [-0.2, -0.15) is 0 Å². The molecule has 2 rings (SSSR count). The summed E-state index contributed by atoms with van der Waals surface area (Å²) in [6.07, 6.45) is 1.78. The number of benzene rings is 1. The van der Waals surface area contributed by atoms with Gasteiger partial charge in [0.15, 0.2) is 0 Å². The molecule has 0 unspecified atom stereocenters. The Morgan fingerprint density at radius 1 is 1.30 bits per heavy atom. The van der Waals surface area contributed by atoms with E-state index >= 15 is 0 Å². The molecule has 0 spiro atoms. The Morgan fingerprint density at radius 3 is 2.57 bits per heavy atom. The lowest BCUT2D eigenvalue weighted by molar-refractivity contribution is -0.131. The average Bonchev–Trinajstić information content (AvgIpc) is 2.52. The van der Waals surface area contributed by atoms with Gasteiger partial charge in [-0.05, 0) is 45.1 Å². The van der Waals surface area contributed by atoms with Gasteiger partial charge in [0.05, 0.1) is 12.1 Å². The van der Waals surface area contributed by atoms with Gasteiger partial charge < -0.3 is 15.1 Å². The van der Waals surface area contributed by atoms with Gasteiger partial charge in [-0.15, -0.1) is 0 Å². The molecule has 1 fully saturated rings. The van der Waals surface area contributed by atoms with Crippen LogP contribution in [0.2, 0.25) is 0 Å². The average molecular weight is 325 g/mol. The highest BCUT2D eigenvalue weighted by Crippen LogP contribution is 2.14. The number of carbonyl (C=O) groups is 2. The fourth-order valence-corrected chi connectivity index (χ4v) is 2.64. The van der Waals surface area contributed by atoms with Crippen LogP contribution in [0.5, 0.6) is 0 Å². The summed E-state index contributed by atoms with van der Waals surface area (Å²) in [5.41, 5.74) is -0.277. The molecule has 1 aromatic carbocycles. The fraction of sp³-hybridized carbons (Fsp3) is 0.500. The summed E-state index contributed by atoms with van der Waals surface area (Å²) in [5, 5.41) is 2.38. The number of nitrogens with zero attached hydrogens (tertiary/aromatic N) is 2. The molecule has 0 bridgehead atoms.